The van der Waals surface area contributed by atoms with Gasteiger partial charge in [-0.2, -0.15) is 0 Å². The van der Waals surface area contributed by atoms with Gasteiger partial charge in [-0.1, -0.05) is 37.6 Å². The molecule has 0 unspecified atom stereocenters. The quantitative estimate of drug-likeness (QED) is 0.393. The minimum Gasteiger partial charge on any atom is -0.494 e. The number of carbonyl (C=O) groups excluding carboxylic acids is 1. The maximum Gasteiger partial charge on any atom is 0.297 e. The highest BCUT2D eigenvalue weighted by Crippen LogP contribution is 2.42. The molecule has 0 spiro atoms. The summed E-state index contributed by atoms with van der Waals surface area (Å²) in [6, 6.07) is 13.9. The third-order valence-corrected chi connectivity index (χ3v) is 6.14. The standard InChI is InChI=1S/C24H20N2O4S/c1-2-3-13-29-16-10-8-15(9-11-16)20-19-21(27)17-6-4-5-7-18(17)30-22(19)23(28)26(20)24-25-12-14-31-24/h4-12,14,20H,2-3,13H2,1H3/t20-/m1/s1. The summed E-state index contributed by atoms with van der Waals surface area (Å²) in [5.41, 5.74) is 1.35. The van der Waals surface area contributed by atoms with E-state index < -0.39 is 6.04 Å². The fourth-order valence-electron chi connectivity index (χ4n) is 3.85. The largest absolute Gasteiger partial charge is 0.494 e. The monoisotopic (exact) mass is 432 g/mol. The van der Waals surface area contributed by atoms with Crippen molar-refractivity contribution in [1.29, 1.82) is 0 Å². The van der Waals surface area contributed by atoms with Gasteiger partial charge in [-0.15, -0.1) is 11.3 Å². The lowest BCUT2D eigenvalue weighted by atomic mass is 9.98. The molecule has 156 valence electrons. The van der Waals surface area contributed by atoms with Gasteiger partial charge in [0.15, 0.2) is 10.6 Å². The Hall–Kier alpha value is -3.45. The molecule has 0 fully saturated rings. The van der Waals surface area contributed by atoms with Crippen molar-refractivity contribution in [2.75, 3.05) is 11.5 Å². The van der Waals surface area contributed by atoms with Crippen molar-refractivity contribution >= 4 is 33.3 Å². The van der Waals surface area contributed by atoms with Gasteiger partial charge in [-0.05, 0) is 36.2 Å². The van der Waals surface area contributed by atoms with E-state index in [4.69, 9.17) is 9.15 Å². The van der Waals surface area contributed by atoms with E-state index in [1.54, 1.807) is 40.7 Å². The van der Waals surface area contributed by atoms with E-state index in [0.717, 1.165) is 24.2 Å². The number of amides is 1. The van der Waals surface area contributed by atoms with E-state index in [1.807, 2.05) is 24.3 Å². The maximum atomic E-state index is 13.4. The molecule has 3 heterocycles. The van der Waals surface area contributed by atoms with Gasteiger partial charge in [0.25, 0.3) is 5.91 Å². The zero-order valence-corrected chi connectivity index (χ0v) is 17.7. The summed E-state index contributed by atoms with van der Waals surface area (Å²) in [7, 11) is 0. The predicted octanol–water partition coefficient (Wildman–Crippen LogP) is 5.18. The number of unbranched alkanes of at least 4 members (excludes halogenated alkanes) is 1. The molecule has 6 nitrogen and oxygen atoms in total. The van der Waals surface area contributed by atoms with Crippen LogP contribution in [0.3, 0.4) is 0 Å². The van der Waals surface area contributed by atoms with Gasteiger partial charge in [0.05, 0.1) is 23.6 Å². The second-order valence-corrected chi connectivity index (χ2v) is 8.21. The molecule has 1 aliphatic heterocycles. The molecule has 0 saturated heterocycles. The highest BCUT2D eigenvalue weighted by atomic mass is 32.1. The van der Waals surface area contributed by atoms with Crippen molar-refractivity contribution in [1.82, 2.24) is 4.98 Å². The fourth-order valence-corrected chi connectivity index (χ4v) is 4.51. The van der Waals surface area contributed by atoms with Gasteiger partial charge >= 0.3 is 0 Å². The number of thiazole rings is 1. The molecule has 0 saturated carbocycles. The Morgan fingerprint density at radius 1 is 1.13 bits per heavy atom. The maximum absolute atomic E-state index is 13.4. The van der Waals surface area contributed by atoms with Gasteiger partial charge in [0.1, 0.15) is 11.3 Å². The van der Waals surface area contributed by atoms with Gasteiger partial charge in [-0.25, -0.2) is 4.98 Å². The molecule has 1 atom stereocenters. The third-order valence-electron chi connectivity index (χ3n) is 5.37. The highest BCUT2D eigenvalue weighted by molar-refractivity contribution is 7.13. The Balaban J connectivity index is 1.65. The number of carbonyl (C=O) groups is 1. The highest BCUT2D eigenvalue weighted by Gasteiger charge is 2.44. The van der Waals surface area contributed by atoms with Crippen LogP contribution in [0.2, 0.25) is 0 Å². The Morgan fingerprint density at radius 3 is 2.68 bits per heavy atom. The van der Waals surface area contributed by atoms with Crippen LogP contribution in [0.5, 0.6) is 5.75 Å². The van der Waals surface area contributed by atoms with Crippen LogP contribution < -0.4 is 15.1 Å². The van der Waals surface area contributed by atoms with E-state index in [2.05, 4.69) is 11.9 Å². The second kappa shape index (κ2) is 8.00. The molecule has 2 aromatic carbocycles. The number of anilines is 1. The van der Waals surface area contributed by atoms with Crippen molar-refractivity contribution in [2.45, 2.75) is 25.8 Å². The van der Waals surface area contributed by atoms with E-state index in [9.17, 15) is 9.59 Å². The smallest absolute Gasteiger partial charge is 0.297 e. The van der Waals surface area contributed by atoms with Gasteiger partial charge in [0.2, 0.25) is 5.76 Å². The second-order valence-electron chi connectivity index (χ2n) is 7.33. The van der Waals surface area contributed by atoms with Gasteiger partial charge in [-0.3, -0.25) is 14.5 Å². The molecule has 7 heteroatoms. The number of hydrogen-bond donors (Lipinski definition) is 0. The van der Waals surface area contributed by atoms with Crippen LogP contribution in [-0.4, -0.2) is 17.5 Å². The van der Waals surface area contributed by atoms with Crippen molar-refractivity contribution in [3.05, 3.63) is 87.2 Å². The van der Waals surface area contributed by atoms with Gasteiger partial charge < -0.3 is 9.15 Å². The van der Waals surface area contributed by atoms with Crippen molar-refractivity contribution in [3.63, 3.8) is 0 Å². The van der Waals surface area contributed by atoms with Crippen molar-refractivity contribution < 1.29 is 13.9 Å². The van der Waals surface area contributed by atoms with Crippen LogP contribution >= 0.6 is 11.3 Å². The van der Waals surface area contributed by atoms with E-state index in [1.165, 1.54) is 11.3 Å². The van der Waals surface area contributed by atoms with Crippen LogP contribution in [0.25, 0.3) is 11.0 Å². The first-order valence-corrected chi connectivity index (χ1v) is 11.1. The number of hydrogen-bond acceptors (Lipinski definition) is 6. The molecule has 4 aromatic rings. The summed E-state index contributed by atoms with van der Waals surface area (Å²) in [4.78, 5) is 32.7. The Bertz CT molecular complexity index is 1300. The number of aromatic nitrogens is 1. The lowest BCUT2D eigenvalue weighted by Crippen LogP contribution is -2.29. The molecule has 0 N–H and O–H groups in total. The first kappa shape index (κ1) is 19.5. The summed E-state index contributed by atoms with van der Waals surface area (Å²) in [6.45, 7) is 2.77. The van der Waals surface area contributed by atoms with Gasteiger partial charge in [0, 0.05) is 11.6 Å². The Kier molecular flexibility index (Phi) is 5.03. The van der Waals surface area contributed by atoms with E-state index in [0.29, 0.717) is 28.3 Å². The van der Waals surface area contributed by atoms with Crippen LogP contribution in [0, 0.1) is 0 Å². The van der Waals surface area contributed by atoms with E-state index in [-0.39, 0.29) is 17.1 Å². The average Bonchev–Trinajstić information content (AvgIpc) is 3.41. The molecular weight excluding hydrogens is 412 g/mol. The minimum atomic E-state index is -0.612. The first-order chi connectivity index (χ1) is 15.2. The summed E-state index contributed by atoms with van der Waals surface area (Å²) >= 11 is 1.35. The molecule has 0 aliphatic carbocycles. The number of fused-ring (bicyclic) bond motifs is 2. The average molecular weight is 433 g/mol. The number of benzene rings is 2. The van der Waals surface area contributed by atoms with Crippen LogP contribution in [0.15, 0.2) is 69.3 Å². The molecular formula is C24H20N2O4S. The SMILES string of the molecule is CCCCOc1ccc([C@@H]2c3c(oc4ccccc4c3=O)C(=O)N2c2nccs2)cc1. The number of ether oxygens (including phenoxy) is 1. The number of nitrogens with zero attached hydrogens (tertiary/aromatic N) is 2. The molecule has 0 bridgehead atoms. The zero-order valence-electron chi connectivity index (χ0n) is 16.9. The summed E-state index contributed by atoms with van der Waals surface area (Å²) in [5.74, 6) is 0.473. The van der Waals surface area contributed by atoms with Crippen molar-refractivity contribution in [3.8, 4) is 5.75 Å². The molecule has 31 heavy (non-hydrogen) atoms. The Labute approximate surface area is 182 Å². The summed E-state index contributed by atoms with van der Waals surface area (Å²) in [5, 5.41) is 2.78. The minimum absolute atomic E-state index is 0.0761. The normalized spacial score (nSPS) is 15.5. The topological polar surface area (TPSA) is 72.6 Å². The molecule has 5 rings (SSSR count). The van der Waals surface area contributed by atoms with Crippen LogP contribution in [0.1, 0.15) is 47.5 Å². The van der Waals surface area contributed by atoms with Crippen molar-refractivity contribution in [2.24, 2.45) is 0 Å². The number of rotatable bonds is 6. The first-order valence-electron chi connectivity index (χ1n) is 10.2. The molecule has 2 aromatic heterocycles. The molecule has 0 radical (unpaired) electrons. The molecule has 1 amide bonds. The zero-order chi connectivity index (χ0) is 21.4. The predicted molar refractivity (Wildman–Crippen MR) is 120 cm³/mol. The number of para-hydroxylation sites is 1. The van der Waals surface area contributed by atoms with E-state index >= 15 is 0 Å². The third kappa shape index (κ3) is 3.31. The fraction of sp³-hybridized carbons (Fsp3) is 0.208. The summed E-state index contributed by atoms with van der Waals surface area (Å²) < 4.78 is 11.7. The lowest BCUT2D eigenvalue weighted by molar-refractivity contribution is 0.0971. The Morgan fingerprint density at radius 2 is 1.94 bits per heavy atom. The van der Waals surface area contributed by atoms with Crippen LogP contribution in [0.4, 0.5) is 5.13 Å². The molecule has 1 aliphatic rings. The van der Waals surface area contributed by atoms with Crippen LogP contribution in [-0.2, 0) is 0 Å². The summed E-state index contributed by atoms with van der Waals surface area (Å²) in [6.07, 6.45) is 3.69. The lowest BCUT2D eigenvalue weighted by Gasteiger charge is -2.22.